The highest BCUT2D eigenvalue weighted by Crippen LogP contribution is 2.06. The van der Waals surface area contributed by atoms with Crippen LogP contribution in [0.3, 0.4) is 0 Å². The van der Waals surface area contributed by atoms with Crippen LogP contribution in [-0.4, -0.2) is 87.9 Å². The number of benzene rings is 1. The monoisotopic (exact) mass is 484 g/mol. The third kappa shape index (κ3) is 9.78. The van der Waals surface area contributed by atoms with Crippen LogP contribution in [0.15, 0.2) is 30.3 Å². The highest BCUT2D eigenvalue weighted by atomic mass is 32.2. The predicted molar refractivity (Wildman–Crippen MR) is 123 cm³/mol. The van der Waals surface area contributed by atoms with Gasteiger partial charge in [0.1, 0.15) is 18.1 Å². The molecule has 0 aromatic heterocycles. The van der Waals surface area contributed by atoms with Crippen LogP contribution in [0.2, 0.25) is 0 Å². The van der Waals surface area contributed by atoms with Gasteiger partial charge in [-0.2, -0.15) is 11.8 Å². The second kappa shape index (κ2) is 14.5. The van der Waals surface area contributed by atoms with E-state index in [-0.39, 0.29) is 12.8 Å². The molecule has 33 heavy (non-hydrogen) atoms. The van der Waals surface area contributed by atoms with E-state index in [1.54, 1.807) is 0 Å². The number of carbonyl (C=O) groups excluding carboxylic acids is 3. The smallest absolute Gasteiger partial charge is 0.328 e. The van der Waals surface area contributed by atoms with Gasteiger partial charge in [-0.25, -0.2) is 4.79 Å². The van der Waals surface area contributed by atoms with Crippen molar-refractivity contribution in [2.75, 3.05) is 18.6 Å². The molecule has 1 aromatic rings. The van der Waals surface area contributed by atoms with Crippen LogP contribution in [-0.2, 0) is 25.6 Å². The van der Waals surface area contributed by atoms with Crippen LogP contribution in [0.5, 0.6) is 0 Å². The summed E-state index contributed by atoms with van der Waals surface area (Å²) in [6.45, 7) is 0.373. The Morgan fingerprint density at radius 2 is 1.61 bits per heavy atom. The molecule has 0 aliphatic heterocycles. The molecule has 5 atom stereocenters. The minimum Gasteiger partial charge on any atom is -0.480 e. The fourth-order valence-electron chi connectivity index (χ4n) is 2.85. The standard InChI is InChI=1S/C21H32N4O7S/c1-12(27)17(20(30)24-16(11-26)21(31)32)25-19(29)15(8-9-33-2)23-18(28)14(22)10-13-6-4-3-5-7-13/h3-7,12,14-17,26-27H,8-11,22H2,1-2H3,(H,23,28)(H,24,30)(H,25,29)(H,31,32). The number of aliphatic hydroxyl groups is 2. The first-order valence-electron chi connectivity index (χ1n) is 10.3. The van der Waals surface area contributed by atoms with Crippen LogP contribution >= 0.6 is 11.8 Å². The Bertz CT molecular complexity index is 794. The highest BCUT2D eigenvalue weighted by molar-refractivity contribution is 7.98. The summed E-state index contributed by atoms with van der Waals surface area (Å²) in [6, 6.07) is 4.09. The highest BCUT2D eigenvalue weighted by Gasteiger charge is 2.32. The van der Waals surface area contributed by atoms with Gasteiger partial charge in [0.2, 0.25) is 17.7 Å². The van der Waals surface area contributed by atoms with Crippen molar-refractivity contribution in [3.8, 4) is 0 Å². The molecule has 11 nitrogen and oxygen atoms in total. The maximum atomic E-state index is 12.8. The lowest BCUT2D eigenvalue weighted by atomic mass is 10.0. The number of carbonyl (C=O) groups is 4. The van der Waals surface area contributed by atoms with Gasteiger partial charge in [0, 0.05) is 0 Å². The van der Waals surface area contributed by atoms with E-state index in [1.807, 2.05) is 41.9 Å². The normalized spacial score (nSPS) is 15.4. The Morgan fingerprint density at radius 3 is 2.12 bits per heavy atom. The number of rotatable bonds is 14. The van der Waals surface area contributed by atoms with Gasteiger partial charge >= 0.3 is 5.97 Å². The fraction of sp³-hybridized carbons (Fsp3) is 0.524. The molecule has 0 saturated heterocycles. The zero-order chi connectivity index (χ0) is 25.0. The van der Waals surface area contributed by atoms with Crippen LogP contribution in [0.25, 0.3) is 0 Å². The van der Waals surface area contributed by atoms with E-state index in [9.17, 15) is 24.3 Å². The third-order valence-corrected chi connectivity index (χ3v) is 5.38. The quantitative estimate of drug-likeness (QED) is 0.160. The lowest BCUT2D eigenvalue weighted by molar-refractivity contribution is -0.144. The zero-order valence-corrected chi connectivity index (χ0v) is 19.4. The molecule has 1 rings (SSSR count). The van der Waals surface area contributed by atoms with Crippen molar-refractivity contribution < 1.29 is 34.5 Å². The Hall–Kier alpha value is -2.67. The molecule has 0 bridgehead atoms. The largest absolute Gasteiger partial charge is 0.480 e. The SMILES string of the molecule is CSCCC(NC(=O)C(N)Cc1ccccc1)C(=O)NC(C(=O)NC(CO)C(=O)O)C(C)O. The molecule has 1 aromatic carbocycles. The molecular weight excluding hydrogens is 452 g/mol. The summed E-state index contributed by atoms with van der Waals surface area (Å²) in [7, 11) is 0. The zero-order valence-electron chi connectivity index (χ0n) is 18.6. The topological polar surface area (TPSA) is 191 Å². The van der Waals surface area contributed by atoms with Gasteiger partial charge in [-0.3, -0.25) is 14.4 Å². The second-order valence-corrected chi connectivity index (χ2v) is 8.43. The molecule has 12 heteroatoms. The molecule has 0 spiro atoms. The van der Waals surface area contributed by atoms with E-state index >= 15 is 0 Å². The van der Waals surface area contributed by atoms with Gasteiger partial charge in [0.15, 0.2) is 0 Å². The summed E-state index contributed by atoms with van der Waals surface area (Å²) in [4.78, 5) is 48.9. The average Bonchev–Trinajstić information content (AvgIpc) is 2.78. The number of thioether (sulfide) groups is 1. The molecular formula is C21H32N4O7S. The average molecular weight is 485 g/mol. The molecule has 0 heterocycles. The van der Waals surface area contributed by atoms with Gasteiger partial charge < -0.3 is 37.0 Å². The van der Waals surface area contributed by atoms with Crippen molar-refractivity contribution in [1.82, 2.24) is 16.0 Å². The number of nitrogens with one attached hydrogen (secondary N) is 3. The number of hydrogen-bond acceptors (Lipinski definition) is 8. The lowest BCUT2D eigenvalue weighted by Crippen LogP contribution is -2.60. The molecule has 0 fully saturated rings. The van der Waals surface area contributed by atoms with E-state index in [1.165, 1.54) is 18.7 Å². The number of hydrogen-bond donors (Lipinski definition) is 7. The molecule has 0 aliphatic rings. The van der Waals surface area contributed by atoms with E-state index in [2.05, 4.69) is 10.6 Å². The maximum Gasteiger partial charge on any atom is 0.328 e. The Kier molecular flexibility index (Phi) is 12.4. The summed E-state index contributed by atoms with van der Waals surface area (Å²) in [5.74, 6) is -3.23. The molecule has 8 N–H and O–H groups in total. The summed E-state index contributed by atoms with van der Waals surface area (Å²) in [6.07, 6.45) is 0.948. The first-order valence-corrected chi connectivity index (χ1v) is 11.7. The van der Waals surface area contributed by atoms with Crippen molar-refractivity contribution in [3.05, 3.63) is 35.9 Å². The van der Waals surface area contributed by atoms with E-state index < -0.39 is 60.6 Å². The van der Waals surface area contributed by atoms with Gasteiger partial charge in [0.25, 0.3) is 0 Å². The number of aliphatic carboxylic acids is 1. The van der Waals surface area contributed by atoms with Crippen LogP contribution in [0, 0.1) is 0 Å². The molecule has 0 saturated carbocycles. The van der Waals surface area contributed by atoms with E-state index in [0.717, 1.165) is 5.56 Å². The summed E-state index contributed by atoms with van der Waals surface area (Å²) < 4.78 is 0. The molecule has 5 unspecified atom stereocenters. The number of aliphatic hydroxyl groups excluding tert-OH is 2. The summed E-state index contributed by atoms with van der Waals surface area (Å²) >= 11 is 1.45. The molecule has 184 valence electrons. The minimum atomic E-state index is -1.60. The van der Waals surface area contributed by atoms with E-state index in [0.29, 0.717) is 5.75 Å². The number of carboxylic acids is 1. The number of amides is 3. The van der Waals surface area contributed by atoms with Gasteiger partial charge in [-0.15, -0.1) is 0 Å². The first-order chi connectivity index (χ1) is 15.6. The van der Waals surface area contributed by atoms with Crippen molar-refractivity contribution in [2.24, 2.45) is 5.73 Å². The molecule has 0 radical (unpaired) electrons. The van der Waals surface area contributed by atoms with Crippen molar-refractivity contribution in [1.29, 1.82) is 0 Å². The van der Waals surface area contributed by atoms with Crippen molar-refractivity contribution in [2.45, 2.75) is 50.0 Å². The Balaban J connectivity index is 2.87. The molecule has 0 aliphatic carbocycles. The number of carboxylic acid groups (broad SMARTS) is 1. The second-order valence-electron chi connectivity index (χ2n) is 7.45. The fourth-order valence-corrected chi connectivity index (χ4v) is 3.32. The number of nitrogens with two attached hydrogens (primary N) is 1. The van der Waals surface area contributed by atoms with Gasteiger partial charge in [-0.1, -0.05) is 30.3 Å². The maximum absolute atomic E-state index is 12.8. The molecule has 3 amide bonds. The predicted octanol–water partition coefficient (Wildman–Crippen LogP) is -1.78. The Morgan fingerprint density at radius 1 is 1.00 bits per heavy atom. The summed E-state index contributed by atoms with van der Waals surface area (Å²) in [5, 5.41) is 35.0. The van der Waals surface area contributed by atoms with Crippen LogP contribution in [0.1, 0.15) is 18.9 Å². The van der Waals surface area contributed by atoms with Gasteiger partial charge in [-0.05, 0) is 37.3 Å². The van der Waals surface area contributed by atoms with Gasteiger partial charge in [0.05, 0.1) is 18.8 Å². The van der Waals surface area contributed by atoms with Crippen LogP contribution in [0.4, 0.5) is 0 Å². The van der Waals surface area contributed by atoms with E-state index in [4.69, 9.17) is 15.9 Å². The van der Waals surface area contributed by atoms with Crippen molar-refractivity contribution in [3.63, 3.8) is 0 Å². The lowest BCUT2D eigenvalue weighted by Gasteiger charge is -2.26. The van der Waals surface area contributed by atoms with Crippen molar-refractivity contribution >= 4 is 35.5 Å². The van der Waals surface area contributed by atoms with Crippen LogP contribution < -0.4 is 21.7 Å². The first kappa shape index (κ1) is 28.4. The third-order valence-electron chi connectivity index (χ3n) is 4.74. The minimum absolute atomic E-state index is 0.235. The Labute approximate surface area is 196 Å². The summed E-state index contributed by atoms with van der Waals surface area (Å²) in [5.41, 5.74) is 6.84.